The number of aromatic nitrogens is 4. The van der Waals surface area contributed by atoms with Gasteiger partial charge in [0, 0.05) is 7.05 Å². The number of fused-ring (bicyclic) bond motifs is 1. The Hall–Kier alpha value is -1.54. The van der Waals surface area contributed by atoms with E-state index in [4.69, 9.17) is 0 Å². The van der Waals surface area contributed by atoms with Crippen LogP contribution in [-0.4, -0.2) is 35.2 Å². The minimum Gasteiger partial charge on any atom is -0.250 e. The number of nitrogens with one attached hydrogen (secondary N) is 1. The fraction of sp³-hybridized carbons (Fsp3) is 0.375. The molecule has 0 atom stereocenters. The summed E-state index contributed by atoms with van der Waals surface area (Å²) >= 11 is 0. The summed E-state index contributed by atoms with van der Waals surface area (Å²) in [7, 11) is -0.600. The first kappa shape index (κ1) is 11.0. The monoisotopic (exact) mass is 241 g/mol. The third kappa shape index (κ3) is 1.55. The van der Waals surface area contributed by atoms with Gasteiger partial charge in [-0.15, -0.1) is 0 Å². The van der Waals surface area contributed by atoms with Gasteiger partial charge in [0.2, 0.25) is 0 Å². The van der Waals surface area contributed by atoms with Gasteiger partial charge in [-0.05, 0) is 14.0 Å². The van der Waals surface area contributed by atoms with Crippen LogP contribution < -0.4 is 4.72 Å². The summed E-state index contributed by atoms with van der Waals surface area (Å²) in [5, 5.41) is 4.52. The van der Waals surface area contributed by atoms with Crippen molar-refractivity contribution in [2.24, 2.45) is 7.05 Å². The maximum atomic E-state index is 11.6. The first-order valence-corrected chi connectivity index (χ1v) is 6.04. The smallest absolute Gasteiger partial charge is 0.250 e. The highest BCUT2D eigenvalue weighted by Crippen LogP contribution is 2.15. The molecule has 7 nitrogen and oxygen atoms in total. The van der Waals surface area contributed by atoms with E-state index in [2.05, 4.69) is 19.8 Å². The first-order chi connectivity index (χ1) is 7.45. The maximum Gasteiger partial charge on any atom is 0.276 e. The standard InChI is InChI=1S/C8H11N5O2S/c1-5-6-4-10-13(3)7(6)12-8(11-5)16(14,15)9-2/h4,9H,1-3H3. The fourth-order valence-electron chi connectivity index (χ4n) is 1.35. The van der Waals surface area contributed by atoms with Gasteiger partial charge < -0.3 is 0 Å². The molecule has 8 heteroatoms. The molecule has 2 rings (SSSR count). The van der Waals surface area contributed by atoms with Crippen LogP contribution in [0.1, 0.15) is 5.69 Å². The predicted molar refractivity (Wildman–Crippen MR) is 57.3 cm³/mol. The number of nitrogens with zero attached hydrogens (tertiary/aromatic N) is 4. The molecule has 0 aliphatic carbocycles. The summed E-state index contributed by atoms with van der Waals surface area (Å²) in [6.45, 7) is 1.72. The number of hydrogen-bond acceptors (Lipinski definition) is 5. The zero-order chi connectivity index (χ0) is 11.9. The molecule has 0 aromatic carbocycles. The van der Waals surface area contributed by atoms with Gasteiger partial charge in [-0.25, -0.2) is 18.1 Å². The van der Waals surface area contributed by atoms with E-state index < -0.39 is 10.0 Å². The van der Waals surface area contributed by atoms with Crippen LogP contribution in [0.3, 0.4) is 0 Å². The number of sulfonamides is 1. The lowest BCUT2D eigenvalue weighted by molar-refractivity contribution is 0.578. The summed E-state index contributed by atoms with van der Waals surface area (Å²) in [6.07, 6.45) is 1.61. The second-order valence-electron chi connectivity index (χ2n) is 3.30. The van der Waals surface area contributed by atoms with Gasteiger partial charge in [-0.1, -0.05) is 0 Å². The minimum absolute atomic E-state index is 0.233. The molecule has 0 radical (unpaired) electrons. The molecule has 0 aliphatic rings. The quantitative estimate of drug-likeness (QED) is 0.721. The molecule has 0 saturated carbocycles. The van der Waals surface area contributed by atoms with E-state index in [-0.39, 0.29) is 5.16 Å². The SMILES string of the molecule is CNS(=O)(=O)c1nc(C)c2cnn(C)c2n1. The highest BCUT2D eigenvalue weighted by molar-refractivity contribution is 7.89. The highest BCUT2D eigenvalue weighted by Gasteiger charge is 2.18. The molecule has 16 heavy (non-hydrogen) atoms. The van der Waals surface area contributed by atoms with Crippen molar-refractivity contribution in [3.8, 4) is 0 Å². The Kier molecular flexibility index (Phi) is 2.39. The van der Waals surface area contributed by atoms with Crippen LogP contribution in [0.25, 0.3) is 11.0 Å². The van der Waals surface area contributed by atoms with Crippen molar-refractivity contribution in [3.05, 3.63) is 11.9 Å². The second kappa shape index (κ2) is 3.49. The Morgan fingerprint density at radius 2 is 2.06 bits per heavy atom. The van der Waals surface area contributed by atoms with Crippen LogP contribution in [0, 0.1) is 6.92 Å². The van der Waals surface area contributed by atoms with E-state index in [1.165, 1.54) is 11.7 Å². The molecule has 2 heterocycles. The third-order valence-electron chi connectivity index (χ3n) is 2.27. The Balaban J connectivity index is 2.80. The lowest BCUT2D eigenvalue weighted by Gasteiger charge is -2.03. The van der Waals surface area contributed by atoms with Gasteiger partial charge in [-0.2, -0.15) is 10.1 Å². The Bertz CT molecular complexity index is 646. The maximum absolute atomic E-state index is 11.6. The molecule has 86 valence electrons. The Morgan fingerprint density at radius 3 is 2.69 bits per heavy atom. The van der Waals surface area contributed by atoms with Crippen molar-refractivity contribution < 1.29 is 8.42 Å². The molecular formula is C8H11N5O2S. The van der Waals surface area contributed by atoms with Gasteiger partial charge in [-0.3, -0.25) is 4.68 Å². The lowest BCUT2D eigenvalue weighted by atomic mass is 10.3. The average Bonchev–Trinajstić information content (AvgIpc) is 2.61. The second-order valence-corrected chi connectivity index (χ2v) is 5.08. The molecule has 0 saturated heterocycles. The van der Waals surface area contributed by atoms with Crippen molar-refractivity contribution >= 4 is 21.1 Å². The Morgan fingerprint density at radius 1 is 1.38 bits per heavy atom. The summed E-state index contributed by atoms with van der Waals surface area (Å²) in [5.41, 5.74) is 1.09. The molecule has 0 amide bonds. The largest absolute Gasteiger partial charge is 0.276 e. The van der Waals surface area contributed by atoms with Crippen molar-refractivity contribution in [3.63, 3.8) is 0 Å². The van der Waals surface area contributed by atoms with Gasteiger partial charge in [0.1, 0.15) is 0 Å². The van der Waals surface area contributed by atoms with Crippen molar-refractivity contribution in [2.45, 2.75) is 12.1 Å². The van der Waals surface area contributed by atoms with Crippen LogP contribution in [0.2, 0.25) is 0 Å². The van der Waals surface area contributed by atoms with Gasteiger partial charge >= 0.3 is 0 Å². The topological polar surface area (TPSA) is 89.8 Å². The minimum atomic E-state index is -3.62. The predicted octanol–water partition coefficient (Wildman–Crippen LogP) is -0.420. The van der Waals surface area contributed by atoms with Crippen LogP contribution in [0.5, 0.6) is 0 Å². The van der Waals surface area contributed by atoms with Crippen LogP contribution >= 0.6 is 0 Å². The van der Waals surface area contributed by atoms with E-state index in [1.54, 1.807) is 20.2 Å². The molecule has 0 fully saturated rings. The van der Waals surface area contributed by atoms with Crippen LogP contribution in [-0.2, 0) is 17.1 Å². The number of aryl methyl sites for hydroxylation is 2. The lowest BCUT2D eigenvalue weighted by Crippen LogP contribution is -2.21. The Labute approximate surface area is 92.6 Å². The van der Waals surface area contributed by atoms with E-state index >= 15 is 0 Å². The van der Waals surface area contributed by atoms with Crippen molar-refractivity contribution in [1.29, 1.82) is 0 Å². The summed E-state index contributed by atoms with van der Waals surface area (Å²) in [5.74, 6) is 0. The van der Waals surface area contributed by atoms with Crippen molar-refractivity contribution in [2.75, 3.05) is 7.05 Å². The zero-order valence-corrected chi connectivity index (χ0v) is 9.91. The van der Waals surface area contributed by atoms with Gasteiger partial charge in [0.05, 0.1) is 17.3 Å². The molecule has 0 aliphatic heterocycles. The van der Waals surface area contributed by atoms with Crippen LogP contribution in [0.15, 0.2) is 11.4 Å². The first-order valence-electron chi connectivity index (χ1n) is 4.55. The van der Waals surface area contributed by atoms with E-state index in [0.717, 1.165) is 5.39 Å². The summed E-state index contributed by atoms with van der Waals surface area (Å²) in [6, 6.07) is 0. The van der Waals surface area contributed by atoms with Crippen LogP contribution in [0.4, 0.5) is 0 Å². The molecular weight excluding hydrogens is 230 g/mol. The summed E-state index contributed by atoms with van der Waals surface area (Å²) in [4.78, 5) is 7.92. The summed E-state index contributed by atoms with van der Waals surface area (Å²) < 4.78 is 26.8. The average molecular weight is 241 g/mol. The number of hydrogen-bond donors (Lipinski definition) is 1. The molecule has 2 aromatic rings. The van der Waals surface area contributed by atoms with Crippen molar-refractivity contribution in [1.82, 2.24) is 24.5 Å². The molecule has 0 spiro atoms. The van der Waals surface area contributed by atoms with E-state index in [0.29, 0.717) is 11.3 Å². The molecule has 2 aromatic heterocycles. The molecule has 0 bridgehead atoms. The highest BCUT2D eigenvalue weighted by atomic mass is 32.2. The number of rotatable bonds is 2. The van der Waals surface area contributed by atoms with Gasteiger partial charge in [0.25, 0.3) is 15.2 Å². The fourth-order valence-corrected chi connectivity index (χ4v) is 2.00. The van der Waals surface area contributed by atoms with E-state index in [1.807, 2.05) is 0 Å². The van der Waals surface area contributed by atoms with Gasteiger partial charge in [0.15, 0.2) is 5.65 Å². The third-order valence-corrected chi connectivity index (χ3v) is 3.47. The zero-order valence-electron chi connectivity index (χ0n) is 9.09. The normalized spacial score (nSPS) is 12.2. The molecule has 0 unspecified atom stereocenters. The van der Waals surface area contributed by atoms with E-state index in [9.17, 15) is 8.42 Å². The molecule has 1 N–H and O–H groups in total.